The molecule has 0 saturated carbocycles. The third-order valence-electron chi connectivity index (χ3n) is 3.88. The van der Waals surface area contributed by atoms with Crippen LogP contribution in [0.5, 0.6) is 0 Å². The van der Waals surface area contributed by atoms with Crippen LogP contribution in [0.4, 0.5) is 18.9 Å². The van der Waals surface area contributed by atoms with Crippen molar-refractivity contribution >= 4 is 15.7 Å². The van der Waals surface area contributed by atoms with E-state index in [-0.39, 0.29) is 0 Å². The molecule has 24 heavy (non-hydrogen) atoms. The number of anilines is 1. The molecule has 0 amide bonds. The van der Waals surface area contributed by atoms with Crippen molar-refractivity contribution in [2.45, 2.75) is 17.5 Å². The average Bonchev–Trinajstić information content (AvgIpc) is 2.51. The highest BCUT2D eigenvalue weighted by atomic mass is 32.2. The van der Waals surface area contributed by atoms with E-state index in [0.29, 0.717) is 38.3 Å². The van der Waals surface area contributed by atoms with Crippen LogP contribution in [0.1, 0.15) is 12.0 Å². The number of rotatable bonds is 4. The lowest BCUT2D eigenvalue weighted by Crippen LogP contribution is -2.46. The van der Waals surface area contributed by atoms with Gasteiger partial charge in [-0.3, -0.25) is 4.90 Å². The molecule has 0 atom stereocenters. The molecule has 1 saturated heterocycles. The molecule has 1 aromatic carbocycles. The van der Waals surface area contributed by atoms with Gasteiger partial charge in [-0.15, -0.1) is 12.3 Å². The molecule has 0 bridgehead atoms. The minimum absolute atomic E-state index is 0.325. The van der Waals surface area contributed by atoms with E-state index >= 15 is 0 Å². The summed E-state index contributed by atoms with van der Waals surface area (Å²) in [7, 11) is -4.45. The molecule has 132 valence electrons. The summed E-state index contributed by atoms with van der Waals surface area (Å²) in [4.78, 5) is 3.01. The van der Waals surface area contributed by atoms with Crippen molar-refractivity contribution in [3.05, 3.63) is 23.8 Å². The van der Waals surface area contributed by atoms with Crippen LogP contribution in [0.2, 0.25) is 0 Å². The number of hydrogen-bond donors (Lipinski definition) is 1. The van der Waals surface area contributed by atoms with E-state index < -0.39 is 26.7 Å². The fourth-order valence-corrected chi connectivity index (χ4v) is 3.38. The van der Waals surface area contributed by atoms with Crippen LogP contribution in [0, 0.1) is 12.3 Å². The van der Waals surface area contributed by atoms with Crippen LogP contribution in [0.25, 0.3) is 0 Å². The van der Waals surface area contributed by atoms with Gasteiger partial charge >= 0.3 is 6.18 Å². The molecule has 1 fully saturated rings. The molecule has 2 N–H and O–H groups in total. The summed E-state index contributed by atoms with van der Waals surface area (Å²) in [5.74, 6) is 2.55. The smallest absolute Gasteiger partial charge is 0.369 e. The molecular weight excluding hydrogens is 343 g/mol. The number of terminal acetylenes is 1. The Morgan fingerprint density at radius 1 is 1.21 bits per heavy atom. The fourth-order valence-electron chi connectivity index (χ4n) is 2.64. The molecule has 0 aromatic heterocycles. The van der Waals surface area contributed by atoms with Crippen molar-refractivity contribution < 1.29 is 21.6 Å². The van der Waals surface area contributed by atoms with Crippen LogP contribution in [-0.2, 0) is 16.2 Å². The van der Waals surface area contributed by atoms with Gasteiger partial charge < -0.3 is 4.90 Å². The lowest BCUT2D eigenvalue weighted by molar-refractivity contribution is -0.139. The molecule has 1 aliphatic rings. The van der Waals surface area contributed by atoms with E-state index in [1.54, 1.807) is 4.90 Å². The quantitative estimate of drug-likeness (QED) is 0.826. The summed E-state index contributed by atoms with van der Waals surface area (Å²) < 4.78 is 62.2. The van der Waals surface area contributed by atoms with Gasteiger partial charge in [0.1, 0.15) is 0 Å². The van der Waals surface area contributed by atoms with Gasteiger partial charge in [-0.05, 0) is 18.2 Å². The number of sulfonamides is 1. The second-order valence-corrected chi connectivity index (χ2v) is 7.04. The van der Waals surface area contributed by atoms with E-state index in [1.165, 1.54) is 6.07 Å². The Hall–Kier alpha value is -1.76. The first kappa shape index (κ1) is 18.6. The SMILES string of the molecule is C#CCCN1CCN(c2ccc(S(N)(=O)=O)c(C(F)(F)F)c2)CC1. The summed E-state index contributed by atoms with van der Waals surface area (Å²) in [6, 6.07) is 3.11. The third-order valence-corrected chi connectivity index (χ3v) is 4.85. The van der Waals surface area contributed by atoms with Crippen LogP contribution in [0.3, 0.4) is 0 Å². The van der Waals surface area contributed by atoms with Gasteiger partial charge in [-0.1, -0.05) is 0 Å². The molecule has 2 rings (SSSR count). The zero-order valence-corrected chi connectivity index (χ0v) is 13.7. The predicted molar refractivity (Wildman–Crippen MR) is 84.9 cm³/mol. The molecular formula is C15H18F3N3O2S. The standard InChI is InChI=1S/C15H18F3N3O2S/c1-2-3-6-20-7-9-21(10-8-20)12-4-5-14(24(19,22)23)13(11-12)15(16,17)18/h1,4-5,11H,3,6-10H2,(H2,19,22,23). The summed E-state index contributed by atoms with van der Waals surface area (Å²) in [6.07, 6.45) is 1.04. The van der Waals surface area contributed by atoms with Gasteiger partial charge in [-0.25, -0.2) is 13.6 Å². The highest BCUT2D eigenvalue weighted by Gasteiger charge is 2.37. The monoisotopic (exact) mass is 361 g/mol. The summed E-state index contributed by atoms with van der Waals surface area (Å²) >= 11 is 0. The zero-order chi connectivity index (χ0) is 18.0. The molecule has 5 nitrogen and oxygen atoms in total. The molecule has 0 aliphatic carbocycles. The van der Waals surface area contributed by atoms with Crippen LogP contribution in [0.15, 0.2) is 23.1 Å². The normalized spacial score (nSPS) is 16.9. The maximum atomic E-state index is 13.2. The maximum absolute atomic E-state index is 13.2. The first-order valence-electron chi connectivity index (χ1n) is 7.28. The second kappa shape index (κ2) is 7.01. The number of primary sulfonamides is 1. The minimum Gasteiger partial charge on any atom is -0.369 e. The summed E-state index contributed by atoms with van der Waals surface area (Å²) in [5.41, 5.74) is -0.913. The first-order chi connectivity index (χ1) is 11.1. The van der Waals surface area contributed by atoms with E-state index in [1.807, 2.05) is 0 Å². The van der Waals surface area contributed by atoms with Crippen LogP contribution < -0.4 is 10.0 Å². The number of alkyl halides is 3. The highest BCUT2D eigenvalue weighted by Crippen LogP contribution is 2.36. The predicted octanol–water partition coefficient (Wildman–Crippen LogP) is 1.50. The molecule has 0 unspecified atom stereocenters. The van der Waals surface area contributed by atoms with Crippen molar-refractivity contribution in [3.8, 4) is 12.3 Å². The topological polar surface area (TPSA) is 66.6 Å². The number of nitrogens with two attached hydrogens (primary N) is 1. The Kier molecular flexibility index (Phi) is 5.42. The minimum atomic E-state index is -4.80. The lowest BCUT2D eigenvalue weighted by atomic mass is 10.1. The Morgan fingerprint density at radius 3 is 2.33 bits per heavy atom. The maximum Gasteiger partial charge on any atom is 0.417 e. The number of piperazine rings is 1. The van der Waals surface area contributed by atoms with Gasteiger partial charge in [0.25, 0.3) is 0 Å². The van der Waals surface area contributed by atoms with Crippen LogP contribution >= 0.6 is 0 Å². The number of halogens is 3. The van der Waals surface area contributed by atoms with Crippen molar-refractivity contribution in [1.82, 2.24) is 4.90 Å². The Balaban J connectivity index is 2.23. The Labute approximate surface area is 139 Å². The largest absolute Gasteiger partial charge is 0.417 e. The van der Waals surface area contributed by atoms with Crippen molar-refractivity contribution in [2.24, 2.45) is 5.14 Å². The van der Waals surface area contributed by atoms with Gasteiger partial charge in [0.15, 0.2) is 0 Å². The van der Waals surface area contributed by atoms with Crippen LogP contribution in [-0.4, -0.2) is 46.0 Å². The van der Waals surface area contributed by atoms with Gasteiger partial charge in [0.2, 0.25) is 10.0 Å². The molecule has 1 heterocycles. The van der Waals surface area contributed by atoms with Gasteiger partial charge in [-0.2, -0.15) is 13.2 Å². The molecule has 0 spiro atoms. The summed E-state index contributed by atoms with van der Waals surface area (Å²) in [5, 5.41) is 4.88. The Morgan fingerprint density at radius 2 is 1.83 bits per heavy atom. The second-order valence-electron chi connectivity index (χ2n) is 5.51. The van der Waals surface area contributed by atoms with Gasteiger partial charge in [0.05, 0.1) is 10.5 Å². The summed E-state index contributed by atoms with van der Waals surface area (Å²) in [6.45, 7) is 3.19. The zero-order valence-electron chi connectivity index (χ0n) is 12.9. The van der Waals surface area contributed by atoms with Crippen molar-refractivity contribution in [1.29, 1.82) is 0 Å². The lowest BCUT2D eigenvalue weighted by Gasteiger charge is -2.36. The number of nitrogens with zero attached hydrogens (tertiary/aromatic N) is 2. The third kappa shape index (κ3) is 4.41. The average molecular weight is 361 g/mol. The molecule has 1 aliphatic heterocycles. The van der Waals surface area contributed by atoms with E-state index in [2.05, 4.69) is 10.8 Å². The molecule has 0 radical (unpaired) electrons. The Bertz CT molecular complexity index is 733. The van der Waals surface area contributed by atoms with E-state index in [9.17, 15) is 21.6 Å². The van der Waals surface area contributed by atoms with Gasteiger partial charge in [0, 0.05) is 44.8 Å². The fraction of sp³-hybridized carbons (Fsp3) is 0.467. The molecule has 1 aromatic rings. The van der Waals surface area contributed by atoms with E-state index in [4.69, 9.17) is 11.6 Å². The van der Waals surface area contributed by atoms with Crippen molar-refractivity contribution in [3.63, 3.8) is 0 Å². The highest BCUT2D eigenvalue weighted by molar-refractivity contribution is 7.89. The van der Waals surface area contributed by atoms with Crippen molar-refractivity contribution in [2.75, 3.05) is 37.6 Å². The molecule has 9 heteroatoms. The first-order valence-corrected chi connectivity index (χ1v) is 8.82. The number of benzene rings is 1. The number of hydrogen-bond acceptors (Lipinski definition) is 4. The van der Waals surface area contributed by atoms with E-state index in [0.717, 1.165) is 18.7 Å².